The predicted octanol–water partition coefficient (Wildman–Crippen LogP) is 4.82. The Balaban J connectivity index is 1.74. The maximum absolute atomic E-state index is 13.9. The molecule has 1 saturated heterocycles. The Hall–Kier alpha value is -1.98. The molecule has 1 aliphatic heterocycles. The molecule has 1 aliphatic carbocycles. The lowest BCUT2D eigenvalue weighted by atomic mass is 9.89. The van der Waals surface area contributed by atoms with E-state index in [1.807, 2.05) is 4.57 Å². The standard InChI is InChI=1S/C24H29N3OS/c1-15-4-7-17(8-5-15)22-25-23-21(19-9-6-16(2)14-20(19)29-23)24(28)27(22)18-10-12-26(3)13-11-18/h4-5,7-8,16,18H,6,9-14H2,1-3H3. The van der Waals surface area contributed by atoms with Crippen LogP contribution in [0, 0.1) is 12.8 Å². The number of piperidine rings is 1. The largest absolute Gasteiger partial charge is 0.306 e. The van der Waals surface area contributed by atoms with E-state index in [-0.39, 0.29) is 11.6 Å². The minimum atomic E-state index is 0.187. The van der Waals surface area contributed by atoms with Crippen molar-refractivity contribution in [2.45, 2.75) is 52.0 Å². The van der Waals surface area contributed by atoms with Crippen LogP contribution in [0.3, 0.4) is 0 Å². The Morgan fingerprint density at radius 3 is 2.55 bits per heavy atom. The molecule has 1 atom stereocenters. The molecule has 5 heteroatoms. The molecule has 152 valence electrons. The van der Waals surface area contributed by atoms with Crippen molar-refractivity contribution in [2.75, 3.05) is 20.1 Å². The van der Waals surface area contributed by atoms with Gasteiger partial charge in [-0.1, -0.05) is 36.8 Å². The van der Waals surface area contributed by atoms with E-state index in [4.69, 9.17) is 4.98 Å². The number of rotatable bonds is 2. The van der Waals surface area contributed by atoms with Gasteiger partial charge in [0.15, 0.2) is 0 Å². The van der Waals surface area contributed by atoms with E-state index in [1.54, 1.807) is 11.3 Å². The summed E-state index contributed by atoms with van der Waals surface area (Å²) in [6.45, 7) is 6.47. The van der Waals surface area contributed by atoms with Gasteiger partial charge in [0.05, 0.1) is 5.39 Å². The summed E-state index contributed by atoms with van der Waals surface area (Å²) in [6.07, 6.45) is 5.29. The fraction of sp³-hybridized carbons (Fsp3) is 0.500. The fourth-order valence-electron chi connectivity index (χ4n) is 4.90. The highest BCUT2D eigenvalue weighted by atomic mass is 32.1. The van der Waals surface area contributed by atoms with Gasteiger partial charge in [-0.15, -0.1) is 11.3 Å². The molecule has 0 saturated carbocycles. The van der Waals surface area contributed by atoms with Crippen LogP contribution < -0.4 is 5.56 Å². The van der Waals surface area contributed by atoms with Gasteiger partial charge in [0.2, 0.25) is 0 Å². The SMILES string of the molecule is Cc1ccc(-c2nc3sc4c(c3c(=O)n2C2CCN(C)CC2)CCC(C)C4)cc1. The van der Waals surface area contributed by atoms with Crippen molar-refractivity contribution >= 4 is 21.6 Å². The highest BCUT2D eigenvalue weighted by Crippen LogP contribution is 2.37. The summed E-state index contributed by atoms with van der Waals surface area (Å²) in [6, 6.07) is 8.69. The predicted molar refractivity (Wildman–Crippen MR) is 121 cm³/mol. The van der Waals surface area contributed by atoms with Crippen LogP contribution in [0.5, 0.6) is 0 Å². The van der Waals surface area contributed by atoms with Crippen LogP contribution in [0.1, 0.15) is 48.2 Å². The lowest BCUT2D eigenvalue weighted by Gasteiger charge is -2.31. The molecule has 3 aromatic rings. The first-order valence-electron chi connectivity index (χ1n) is 10.8. The number of thiophene rings is 1. The number of benzene rings is 1. The summed E-state index contributed by atoms with van der Waals surface area (Å²) in [4.78, 5) is 23.7. The van der Waals surface area contributed by atoms with Crippen molar-refractivity contribution in [3.63, 3.8) is 0 Å². The first kappa shape index (κ1) is 19.0. The van der Waals surface area contributed by atoms with Crippen LogP contribution in [-0.2, 0) is 12.8 Å². The number of aryl methyl sites for hydroxylation is 2. The van der Waals surface area contributed by atoms with Crippen LogP contribution in [0.25, 0.3) is 21.6 Å². The summed E-state index contributed by atoms with van der Waals surface area (Å²) >= 11 is 1.75. The van der Waals surface area contributed by atoms with Crippen LogP contribution in [0.4, 0.5) is 0 Å². The molecule has 0 spiro atoms. The third-order valence-electron chi connectivity index (χ3n) is 6.72. The number of nitrogens with zero attached hydrogens (tertiary/aromatic N) is 3. The van der Waals surface area contributed by atoms with E-state index < -0.39 is 0 Å². The molecule has 5 rings (SSSR count). The molecule has 2 aromatic heterocycles. The van der Waals surface area contributed by atoms with Gasteiger partial charge in [-0.2, -0.15) is 0 Å². The second-order valence-electron chi connectivity index (χ2n) is 9.04. The van der Waals surface area contributed by atoms with Crippen LogP contribution in [0.2, 0.25) is 0 Å². The Morgan fingerprint density at radius 2 is 1.83 bits per heavy atom. The molecule has 1 unspecified atom stereocenters. The zero-order valence-electron chi connectivity index (χ0n) is 17.6. The van der Waals surface area contributed by atoms with Crippen LogP contribution in [-0.4, -0.2) is 34.6 Å². The summed E-state index contributed by atoms with van der Waals surface area (Å²) in [5.41, 5.74) is 3.75. The lowest BCUT2D eigenvalue weighted by molar-refractivity contribution is 0.219. The zero-order chi connectivity index (χ0) is 20.1. The first-order valence-corrected chi connectivity index (χ1v) is 11.6. The molecule has 29 heavy (non-hydrogen) atoms. The van der Waals surface area contributed by atoms with Gasteiger partial charge in [-0.05, 0) is 70.6 Å². The number of hydrogen-bond acceptors (Lipinski definition) is 4. The lowest BCUT2D eigenvalue weighted by Crippen LogP contribution is -2.36. The third kappa shape index (κ3) is 3.34. The van der Waals surface area contributed by atoms with Crippen molar-refractivity contribution < 1.29 is 0 Å². The highest BCUT2D eigenvalue weighted by molar-refractivity contribution is 7.18. The molecule has 1 aromatic carbocycles. The second-order valence-corrected chi connectivity index (χ2v) is 10.1. The van der Waals surface area contributed by atoms with Crippen molar-refractivity contribution in [3.05, 3.63) is 50.6 Å². The van der Waals surface area contributed by atoms with Crippen molar-refractivity contribution in [1.82, 2.24) is 14.5 Å². The summed E-state index contributed by atoms with van der Waals surface area (Å²) in [5.74, 6) is 1.55. The molecule has 2 aliphatic rings. The maximum atomic E-state index is 13.9. The maximum Gasteiger partial charge on any atom is 0.263 e. The molecule has 1 fully saturated rings. The number of fused-ring (bicyclic) bond motifs is 3. The molecule has 3 heterocycles. The smallest absolute Gasteiger partial charge is 0.263 e. The Kier molecular flexibility index (Phi) is 4.83. The van der Waals surface area contributed by atoms with E-state index in [1.165, 1.54) is 22.4 Å². The van der Waals surface area contributed by atoms with Gasteiger partial charge >= 0.3 is 0 Å². The number of likely N-dealkylation sites (tertiary alicyclic amines) is 1. The quantitative estimate of drug-likeness (QED) is 0.611. The summed E-state index contributed by atoms with van der Waals surface area (Å²) < 4.78 is 2.05. The monoisotopic (exact) mass is 407 g/mol. The summed E-state index contributed by atoms with van der Waals surface area (Å²) in [5, 5.41) is 0.909. The van der Waals surface area contributed by atoms with Gasteiger partial charge in [0.25, 0.3) is 5.56 Å². The van der Waals surface area contributed by atoms with Gasteiger partial charge in [-0.3, -0.25) is 9.36 Å². The molecular weight excluding hydrogens is 378 g/mol. The van der Waals surface area contributed by atoms with Gasteiger partial charge in [0, 0.05) is 16.5 Å². The van der Waals surface area contributed by atoms with E-state index in [0.717, 1.165) is 60.4 Å². The second kappa shape index (κ2) is 7.37. The average Bonchev–Trinajstić information content (AvgIpc) is 3.07. The Labute approximate surface area is 176 Å². The normalized spacial score (nSPS) is 20.9. The Bertz CT molecular complexity index is 1100. The highest BCUT2D eigenvalue weighted by Gasteiger charge is 2.28. The van der Waals surface area contributed by atoms with Crippen LogP contribution in [0.15, 0.2) is 29.1 Å². The van der Waals surface area contributed by atoms with Gasteiger partial charge in [-0.25, -0.2) is 4.98 Å². The molecule has 0 radical (unpaired) electrons. The third-order valence-corrected chi connectivity index (χ3v) is 7.87. The Morgan fingerprint density at radius 1 is 1.10 bits per heavy atom. The first-order chi connectivity index (χ1) is 14.0. The van der Waals surface area contributed by atoms with E-state index in [2.05, 4.69) is 50.1 Å². The van der Waals surface area contributed by atoms with Crippen LogP contribution >= 0.6 is 11.3 Å². The van der Waals surface area contributed by atoms with Gasteiger partial charge < -0.3 is 4.90 Å². The van der Waals surface area contributed by atoms with E-state index in [9.17, 15) is 4.79 Å². The van der Waals surface area contributed by atoms with E-state index in [0.29, 0.717) is 5.92 Å². The van der Waals surface area contributed by atoms with E-state index >= 15 is 0 Å². The minimum absolute atomic E-state index is 0.187. The topological polar surface area (TPSA) is 38.1 Å². The number of aromatic nitrogens is 2. The van der Waals surface area contributed by atoms with Crippen molar-refractivity contribution in [1.29, 1.82) is 0 Å². The van der Waals surface area contributed by atoms with Crippen molar-refractivity contribution in [3.8, 4) is 11.4 Å². The number of hydrogen-bond donors (Lipinski definition) is 0. The average molecular weight is 408 g/mol. The molecular formula is C24H29N3OS. The molecule has 4 nitrogen and oxygen atoms in total. The molecule has 0 amide bonds. The molecule has 0 N–H and O–H groups in total. The van der Waals surface area contributed by atoms with Crippen molar-refractivity contribution in [2.24, 2.45) is 5.92 Å². The zero-order valence-corrected chi connectivity index (χ0v) is 18.4. The summed E-state index contributed by atoms with van der Waals surface area (Å²) in [7, 11) is 2.16. The molecule has 0 bridgehead atoms. The fourth-order valence-corrected chi connectivity index (χ4v) is 6.27. The minimum Gasteiger partial charge on any atom is -0.306 e. The van der Waals surface area contributed by atoms with Gasteiger partial charge in [0.1, 0.15) is 10.7 Å².